The highest BCUT2D eigenvalue weighted by Gasteiger charge is 2.24. The Kier molecular flexibility index (Phi) is 4.35. The highest BCUT2D eigenvalue weighted by Crippen LogP contribution is 2.15. The molecule has 0 aromatic heterocycles. The molecule has 1 aliphatic rings. The van der Waals surface area contributed by atoms with Crippen molar-refractivity contribution in [2.45, 2.75) is 44.8 Å². The summed E-state index contributed by atoms with van der Waals surface area (Å²) in [7, 11) is 2.15. The van der Waals surface area contributed by atoms with Crippen LogP contribution in [0.15, 0.2) is 5.16 Å². The van der Waals surface area contributed by atoms with E-state index in [0.29, 0.717) is 12.1 Å². The van der Waals surface area contributed by atoms with Gasteiger partial charge in [0, 0.05) is 12.1 Å². The summed E-state index contributed by atoms with van der Waals surface area (Å²) in [5.41, 5.74) is 5.52. The zero-order valence-corrected chi connectivity index (χ0v) is 9.77. The lowest BCUT2D eigenvalue weighted by Crippen LogP contribution is -2.51. The quantitative estimate of drug-likeness (QED) is 0.271. The van der Waals surface area contributed by atoms with E-state index in [-0.39, 0.29) is 11.9 Å². The smallest absolute Gasteiger partial charge is 0.156 e. The Morgan fingerprint density at radius 1 is 1.67 bits per heavy atom. The number of piperidine rings is 1. The SMILES string of the molecule is CC(NC1CCN(C)C(C)C1)C(N)=NO. The van der Waals surface area contributed by atoms with Gasteiger partial charge in [-0.05, 0) is 40.3 Å². The number of oxime groups is 1. The minimum absolute atomic E-state index is 0.0596. The fourth-order valence-electron chi connectivity index (χ4n) is 1.97. The van der Waals surface area contributed by atoms with E-state index in [2.05, 4.69) is 29.3 Å². The molecule has 1 aliphatic heterocycles. The number of likely N-dealkylation sites (tertiary alicyclic amines) is 1. The fraction of sp³-hybridized carbons (Fsp3) is 0.900. The van der Waals surface area contributed by atoms with E-state index in [1.165, 1.54) is 0 Å². The van der Waals surface area contributed by atoms with E-state index >= 15 is 0 Å². The lowest BCUT2D eigenvalue weighted by atomic mass is 9.98. The first-order valence-electron chi connectivity index (χ1n) is 5.48. The first-order valence-corrected chi connectivity index (χ1v) is 5.48. The van der Waals surface area contributed by atoms with Gasteiger partial charge < -0.3 is 21.2 Å². The number of hydrogen-bond donors (Lipinski definition) is 3. The second kappa shape index (κ2) is 5.32. The average Bonchev–Trinajstić information content (AvgIpc) is 2.22. The van der Waals surface area contributed by atoms with E-state index in [1.54, 1.807) is 0 Å². The second-order valence-corrected chi connectivity index (χ2v) is 4.46. The molecule has 88 valence electrons. The highest BCUT2D eigenvalue weighted by molar-refractivity contribution is 5.84. The topological polar surface area (TPSA) is 73.9 Å². The predicted octanol–water partition coefficient (Wildman–Crippen LogP) is 0.194. The van der Waals surface area contributed by atoms with Crippen molar-refractivity contribution < 1.29 is 5.21 Å². The third kappa shape index (κ3) is 3.35. The fourth-order valence-corrected chi connectivity index (χ4v) is 1.97. The lowest BCUT2D eigenvalue weighted by molar-refractivity contribution is 0.167. The van der Waals surface area contributed by atoms with Gasteiger partial charge in [0.1, 0.15) is 0 Å². The first-order chi connectivity index (χ1) is 7.04. The van der Waals surface area contributed by atoms with Crippen LogP contribution in [-0.2, 0) is 0 Å². The van der Waals surface area contributed by atoms with Crippen molar-refractivity contribution in [2.24, 2.45) is 10.9 Å². The minimum Gasteiger partial charge on any atom is -0.409 e. The average molecular weight is 214 g/mol. The Bertz CT molecular complexity index is 231. The van der Waals surface area contributed by atoms with Gasteiger partial charge in [-0.1, -0.05) is 5.16 Å². The van der Waals surface area contributed by atoms with E-state index in [9.17, 15) is 0 Å². The molecule has 0 saturated carbocycles. The first kappa shape index (κ1) is 12.3. The van der Waals surface area contributed by atoms with Gasteiger partial charge in [-0.2, -0.15) is 0 Å². The van der Waals surface area contributed by atoms with Crippen LogP contribution in [0, 0.1) is 0 Å². The minimum atomic E-state index is -0.0596. The van der Waals surface area contributed by atoms with Crippen LogP contribution in [0.3, 0.4) is 0 Å². The Labute approximate surface area is 91.3 Å². The van der Waals surface area contributed by atoms with Crippen molar-refractivity contribution in [3.8, 4) is 0 Å². The summed E-state index contributed by atoms with van der Waals surface area (Å²) >= 11 is 0. The predicted molar refractivity (Wildman–Crippen MR) is 61.1 cm³/mol. The van der Waals surface area contributed by atoms with E-state index < -0.39 is 0 Å². The molecule has 1 fully saturated rings. The van der Waals surface area contributed by atoms with Crippen LogP contribution in [0.4, 0.5) is 0 Å². The summed E-state index contributed by atoms with van der Waals surface area (Å²) < 4.78 is 0. The summed E-state index contributed by atoms with van der Waals surface area (Å²) in [6.45, 7) is 5.24. The molecule has 0 aromatic carbocycles. The van der Waals surface area contributed by atoms with Gasteiger partial charge in [-0.25, -0.2) is 0 Å². The van der Waals surface area contributed by atoms with Gasteiger partial charge >= 0.3 is 0 Å². The van der Waals surface area contributed by atoms with Crippen LogP contribution in [0.1, 0.15) is 26.7 Å². The number of nitrogens with zero attached hydrogens (tertiary/aromatic N) is 2. The summed E-state index contributed by atoms with van der Waals surface area (Å²) in [6, 6.07) is 0.998. The van der Waals surface area contributed by atoms with Crippen molar-refractivity contribution in [1.29, 1.82) is 0 Å². The van der Waals surface area contributed by atoms with Gasteiger partial charge in [0.2, 0.25) is 0 Å². The summed E-state index contributed by atoms with van der Waals surface area (Å²) in [4.78, 5) is 2.35. The summed E-state index contributed by atoms with van der Waals surface area (Å²) in [5, 5.41) is 14.9. The standard InChI is InChI=1S/C10H22N4O/c1-7-6-9(4-5-14(7)3)12-8(2)10(11)13-15/h7-9,12,15H,4-6H2,1-3H3,(H2,11,13). The van der Waals surface area contributed by atoms with Crippen LogP contribution in [0.5, 0.6) is 0 Å². The van der Waals surface area contributed by atoms with Gasteiger partial charge in [0.15, 0.2) is 5.84 Å². The molecule has 0 amide bonds. The molecule has 0 aromatic rings. The van der Waals surface area contributed by atoms with Crippen LogP contribution in [0.25, 0.3) is 0 Å². The van der Waals surface area contributed by atoms with Crippen LogP contribution in [-0.4, -0.2) is 47.7 Å². The van der Waals surface area contributed by atoms with Crippen molar-refractivity contribution in [3.05, 3.63) is 0 Å². The monoisotopic (exact) mass is 214 g/mol. The molecule has 3 atom stereocenters. The van der Waals surface area contributed by atoms with Crippen molar-refractivity contribution in [3.63, 3.8) is 0 Å². The van der Waals surface area contributed by atoms with Crippen LogP contribution < -0.4 is 11.1 Å². The molecule has 1 heterocycles. The van der Waals surface area contributed by atoms with Crippen molar-refractivity contribution >= 4 is 5.84 Å². The van der Waals surface area contributed by atoms with E-state index in [4.69, 9.17) is 10.9 Å². The molecule has 5 nitrogen and oxygen atoms in total. The number of amidine groups is 1. The van der Waals surface area contributed by atoms with E-state index in [0.717, 1.165) is 19.4 Å². The molecule has 0 spiro atoms. The Morgan fingerprint density at radius 2 is 2.33 bits per heavy atom. The number of hydrogen-bond acceptors (Lipinski definition) is 4. The highest BCUT2D eigenvalue weighted by atomic mass is 16.4. The van der Waals surface area contributed by atoms with Crippen LogP contribution in [0.2, 0.25) is 0 Å². The maximum atomic E-state index is 8.54. The molecule has 5 heteroatoms. The summed E-state index contributed by atoms with van der Waals surface area (Å²) in [6.07, 6.45) is 2.23. The lowest BCUT2D eigenvalue weighted by Gasteiger charge is -2.36. The Hall–Kier alpha value is -0.810. The van der Waals surface area contributed by atoms with Crippen molar-refractivity contribution in [2.75, 3.05) is 13.6 Å². The molecule has 3 unspecified atom stereocenters. The third-order valence-corrected chi connectivity index (χ3v) is 3.25. The molecule has 0 aliphatic carbocycles. The number of nitrogens with one attached hydrogen (secondary N) is 1. The maximum Gasteiger partial charge on any atom is 0.156 e. The van der Waals surface area contributed by atoms with Gasteiger partial charge in [-0.15, -0.1) is 0 Å². The van der Waals surface area contributed by atoms with Gasteiger partial charge in [0.05, 0.1) is 6.04 Å². The summed E-state index contributed by atoms with van der Waals surface area (Å²) in [5.74, 6) is 0.251. The van der Waals surface area contributed by atoms with E-state index in [1.807, 2.05) is 6.92 Å². The Morgan fingerprint density at radius 3 is 2.87 bits per heavy atom. The normalized spacial score (nSPS) is 31.5. The maximum absolute atomic E-state index is 8.54. The van der Waals surface area contributed by atoms with Crippen molar-refractivity contribution in [1.82, 2.24) is 10.2 Å². The largest absolute Gasteiger partial charge is 0.409 e. The van der Waals surface area contributed by atoms with Gasteiger partial charge in [-0.3, -0.25) is 0 Å². The molecule has 15 heavy (non-hydrogen) atoms. The molecular formula is C10H22N4O. The number of rotatable bonds is 3. The molecule has 0 bridgehead atoms. The Balaban J connectivity index is 2.40. The molecule has 0 radical (unpaired) electrons. The molecular weight excluding hydrogens is 192 g/mol. The second-order valence-electron chi connectivity index (χ2n) is 4.46. The zero-order valence-electron chi connectivity index (χ0n) is 9.77. The zero-order chi connectivity index (χ0) is 11.4. The molecule has 1 rings (SSSR count). The molecule has 1 saturated heterocycles. The number of nitrogens with two attached hydrogens (primary N) is 1. The third-order valence-electron chi connectivity index (χ3n) is 3.25. The molecule has 4 N–H and O–H groups in total. The van der Waals surface area contributed by atoms with Crippen LogP contribution >= 0.6 is 0 Å². The van der Waals surface area contributed by atoms with Gasteiger partial charge in [0.25, 0.3) is 0 Å².